The molecular formula is C15H25N3O2. The molecule has 5 nitrogen and oxygen atoms in total. The maximum absolute atomic E-state index is 5.74. The number of hydrogen-bond acceptors (Lipinski definition) is 5. The Kier molecular flexibility index (Phi) is 4.08. The highest BCUT2D eigenvalue weighted by molar-refractivity contribution is 5.06. The topological polar surface area (TPSA) is 74.2 Å². The van der Waals surface area contributed by atoms with E-state index in [0.29, 0.717) is 11.8 Å². The lowest BCUT2D eigenvalue weighted by Crippen LogP contribution is -2.26. The van der Waals surface area contributed by atoms with Crippen molar-refractivity contribution >= 4 is 0 Å². The smallest absolute Gasteiger partial charge is 0.229 e. The van der Waals surface area contributed by atoms with E-state index in [1.165, 1.54) is 25.7 Å². The summed E-state index contributed by atoms with van der Waals surface area (Å²) in [5.74, 6) is 2.65. The molecule has 0 unspecified atom stereocenters. The molecule has 2 fully saturated rings. The first kappa shape index (κ1) is 14.0. The van der Waals surface area contributed by atoms with Crippen LogP contribution in [0.4, 0.5) is 0 Å². The zero-order chi connectivity index (χ0) is 14.0. The maximum Gasteiger partial charge on any atom is 0.229 e. The van der Waals surface area contributed by atoms with Crippen molar-refractivity contribution < 1.29 is 9.26 Å². The van der Waals surface area contributed by atoms with E-state index in [2.05, 4.69) is 10.1 Å². The molecule has 1 aromatic rings. The van der Waals surface area contributed by atoms with Gasteiger partial charge in [0.15, 0.2) is 0 Å². The number of hydrogen-bond donors (Lipinski definition) is 1. The van der Waals surface area contributed by atoms with Gasteiger partial charge in [-0.3, -0.25) is 0 Å². The molecule has 0 amide bonds. The minimum absolute atomic E-state index is 0.295. The second-order valence-electron chi connectivity index (χ2n) is 6.32. The van der Waals surface area contributed by atoms with Crippen LogP contribution >= 0.6 is 0 Å². The highest BCUT2D eigenvalue weighted by atomic mass is 16.5. The largest absolute Gasteiger partial charge is 0.370 e. The van der Waals surface area contributed by atoms with Crippen molar-refractivity contribution in [3.05, 3.63) is 11.7 Å². The Morgan fingerprint density at radius 1 is 1.25 bits per heavy atom. The van der Waals surface area contributed by atoms with Gasteiger partial charge in [-0.25, -0.2) is 0 Å². The lowest BCUT2D eigenvalue weighted by molar-refractivity contribution is -0.0178. The van der Waals surface area contributed by atoms with Crippen molar-refractivity contribution in [2.75, 3.05) is 13.7 Å². The molecule has 0 saturated heterocycles. The van der Waals surface area contributed by atoms with Crippen LogP contribution in [0.25, 0.3) is 0 Å². The normalized spacial score (nSPS) is 29.7. The summed E-state index contributed by atoms with van der Waals surface area (Å²) >= 11 is 0. The van der Waals surface area contributed by atoms with E-state index < -0.39 is 0 Å². The second-order valence-corrected chi connectivity index (χ2v) is 6.32. The first-order valence-corrected chi connectivity index (χ1v) is 7.87. The minimum atomic E-state index is -0.295. The predicted molar refractivity (Wildman–Crippen MR) is 75.2 cm³/mol. The summed E-state index contributed by atoms with van der Waals surface area (Å²) in [5.41, 5.74) is 5.45. The zero-order valence-corrected chi connectivity index (χ0v) is 12.3. The van der Waals surface area contributed by atoms with Gasteiger partial charge in [0.2, 0.25) is 11.7 Å². The molecule has 0 aromatic carbocycles. The quantitative estimate of drug-likeness (QED) is 0.917. The first-order chi connectivity index (χ1) is 9.77. The van der Waals surface area contributed by atoms with Gasteiger partial charge in [0, 0.05) is 13.0 Å². The van der Waals surface area contributed by atoms with Gasteiger partial charge in [0.1, 0.15) is 5.60 Å². The van der Waals surface area contributed by atoms with Crippen LogP contribution in [0.3, 0.4) is 0 Å². The number of methoxy groups -OCH3 is 1. The molecule has 0 aliphatic heterocycles. The average Bonchev–Trinajstić information content (AvgIpc) is 3.17. The fraction of sp³-hybridized carbons (Fsp3) is 0.867. The zero-order valence-electron chi connectivity index (χ0n) is 12.3. The second kappa shape index (κ2) is 5.82. The average molecular weight is 279 g/mol. The number of nitrogens with zero attached hydrogens (tertiary/aromatic N) is 2. The van der Waals surface area contributed by atoms with E-state index in [0.717, 1.165) is 43.9 Å². The summed E-state index contributed by atoms with van der Waals surface area (Å²) in [7, 11) is 1.76. The number of nitrogens with two attached hydrogens (primary N) is 1. The van der Waals surface area contributed by atoms with Crippen LogP contribution in [0.1, 0.15) is 69.0 Å². The SMILES string of the molecule is COC1(c2noc(C3CCC(CN)CC3)n2)CCCC1. The maximum atomic E-state index is 5.74. The van der Waals surface area contributed by atoms with Crippen LogP contribution < -0.4 is 5.73 Å². The van der Waals surface area contributed by atoms with E-state index in [1.807, 2.05) is 0 Å². The van der Waals surface area contributed by atoms with E-state index in [-0.39, 0.29) is 5.60 Å². The third-order valence-corrected chi connectivity index (χ3v) is 5.18. The van der Waals surface area contributed by atoms with Crippen molar-refractivity contribution in [1.29, 1.82) is 0 Å². The Hall–Kier alpha value is -0.940. The van der Waals surface area contributed by atoms with Crippen molar-refractivity contribution in [1.82, 2.24) is 10.1 Å². The van der Waals surface area contributed by atoms with Crippen molar-refractivity contribution in [3.8, 4) is 0 Å². The Morgan fingerprint density at radius 3 is 2.55 bits per heavy atom. The number of ether oxygens (including phenoxy) is 1. The van der Waals surface area contributed by atoms with Crippen molar-refractivity contribution in [3.63, 3.8) is 0 Å². The predicted octanol–water partition coefficient (Wildman–Crippen LogP) is 2.72. The van der Waals surface area contributed by atoms with Crippen LogP contribution in [0, 0.1) is 5.92 Å². The molecule has 0 radical (unpaired) electrons. The Bertz CT molecular complexity index is 432. The summed E-state index contributed by atoms with van der Waals surface area (Å²) in [6.07, 6.45) is 8.94. The summed E-state index contributed by atoms with van der Waals surface area (Å²) in [6.45, 7) is 0.800. The third kappa shape index (κ3) is 2.49. The fourth-order valence-corrected chi connectivity index (χ4v) is 3.70. The lowest BCUT2D eigenvalue weighted by atomic mass is 9.82. The van der Waals surface area contributed by atoms with Gasteiger partial charge in [-0.15, -0.1) is 0 Å². The molecule has 2 aliphatic rings. The Balaban J connectivity index is 1.71. The van der Waals surface area contributed by atoms with E-state index >= 15 is 0 Å². The first-order valence-electron chi connectivity index (χ1n) is 7.87. The van der Waals surface area contributed by atoms with Crippen LogP contribution in [0.15, 0.2) is 4.52 Å². The molecule has 20 heavy (non-hydrogen) atoms. The van der Waals surface area contributed by atoms with Gasteiger partial charge in [0.25, 0.3) is 0 Å². The third-order valence-electron chi connectivity index (χ3n) is 5.18. The van der Waals surface area contributed by atoms with Gasteiger partial charge in [0.05, 0.1) is 0 Å². The highest BCUT2D eigenvalue weighted by Crippen LogP contribution is 2.41. The molecule has 3 rings (SSSR count). The Morgan fingerprint density at radius 2 is 1.95 bits per heavy atom. The molecule has 2 N–H and O–H groups in total. The minimum Gasteiger partial charge on any atom is -0.370 e. The van der Waals surface area contributed by atoms with Gasteiger partial charge >= 0.3 is 0 Å². The van der Waals surface area contributed by atoms with E-state index in [4.69, 9.17) is 15.0 Å². The van der Waals surface area contributed by atoms with Gasteiger partial charge < -0.3 is 15.0 Å². The summed E-state index contributed by atoms with van der Waals surface area (Å²) in [5, 5.41) is 4.22. The van der Waals surface area contributed by atoms with Crippen molar-refractivity contribution in [2.45, 2.75) is 62.9 Å². The van der Waals surface area contributed by atoms with Crippen LogP contribution in [0.5, 0.6) is 0 Å². The molecule has 1 heterocycles. The van der Waals surface area contributed by atoms with Crippen LogP contribution in [0.2, 0.25) is 0 Å². The molecule has 0 spiro atoms. The number of rotatable bonds is 4. The molecule has 1 aromatic heterocycles. The van der Waals surface area contributed by atoms with Gasteiger partial charge in [-0.1, -0.05) is 5.16 Å². The Labute approximate surface area is 120 Å². The van der Waals surface area contributed by atoms with E-state index in [1.54, 1.807) is 7.11 Å². The molecule has 5 heteroatoms. The summed E-state index contributed by atoms with van der Waals surface area (Å²) < 4.78 is 11.3. The molecule has 0 atom stereocenters. The molecule has 112 valence electrons. The molecule has 0 bridgehead atoms. The summed E-state index contributed by atoms with van der Waals surface area (Å²) in [6, 6.07) is 0. The lowest BCUT2D eigenvalue weighted by Gasteiger charge is -2.25. The van der Waals surface area contributed by atoms with Crippen LogP contribution in [-0.2, 0) is 10.3 Å². The van der Waals surface area contributed by atoms with Gasteiger partial charge in [-0.05, 0) is 63.8 Å². The molecule has 2 saturated carbocycles. The fourth-order valence-electron chi connectivity index (χ4n) is 3.70. The monoisotopic (exact) mass is 279 g/mol. The highest BCUT2D eigenvalue weighted by Gasteiger charge is 2.40. The van der Waals surface area contributed by atoms with Crippen LogP contribution in [-0.4, -0.2) is 23.8 Å². The summed E-state index contributed by atoms with van der Waals surface area (Å²) in [4.78, 5) is 4.68. The standard InChI is InChI=1S/C15H25N3O2/c1-19-15(8-2-3-9-15)14-17-13(20-18-14)12-6-4-11(10-16)5-7-12/h11-12H,2-10,16H2,1H3. The van der Waals surface area contributed by atoms with Crippen molar-refractivity contribution in [2.24, 2.45) is 11.7 Å². The number of aromatic nitrogens is 2. The molecular weight excluding hydrogens is 254 g/mol. The molecule has 2 aliphatic carbocycles. The van der Waals surface area contributed by atoms with E-state index in [9.17, 15) is 0 Å². The van der Waals surface area contributed by atoms with Gasteiger partial charge in [-0.2, -0.15) is 4.98 Å².